The molecule has 0 aliphatic carbocycles. The van der Waals surface area contributed by atoms with Crippen molar-refractivity contribution in [2.45, 2.75) is 19.4 Å². The predicted octanol–water partition coefficient (Wildman–Crippen LogP) is 1.19. The van der Waals surface area contributed by atoms with Crippen molar-refractivity contribution in [3.8, 4) is 0 Å². The molecule has 1 saturated heterocycles. The number of ether oxygens (including phenoxy) is 1. The second kappa shape index (κ2) is 7.63. The predicted molar refractivity (Wildman–Crippen MR) is 73.6 cm³/mol. The quantitative estimate of drug-likeness (QED) is 0.766. The second-order valence-corrected chi connectivity index (χ2v) is 4.88. The molecule has 1 amide bonds. The number of carbonyl (C=O) groups is 1. The number of amides is 1. The molecule has 6 heteroatoms. The minimum absolute atomic E-state index is 0. The van der Waals surface area contributed by atoms with Gasteiger partial charge in [0.2, 0.25) is 5.91 Å². The Morgan fingerprint density at radius 2 is 2.00 bits per heavy atom. The van der Waals surface area contributed by atoms with Gasteiger partial charge < -0.3 is 10.1 Å². The minimum atomic E-state index is 0. The van der Waals surface area contributed by atoms with E-state index in [1.807, 2.05) is 0 Å². The summed E-state index contributed by atoms with van der Waals surface area (Å²) in [6.45, 7) is 8.43. The highest BCUT2D eigenvalue weighted by Crippen LogP contribution is 2.14. The van der Waals surface area contributed by atoms with Gasteiger partial charge in [0.25, 0.3) is 0 Å². The van der Waals surface area contributed by atoms with Crippen molar-refractivity contribution in [3.63, 3.8) is 0 Å². The van der Waals surface area contributed by atoms with E-state index in [4.69, 9.17) is 4.74 Å². The van der Waals surface area contributed by atoms with E-state index in [0.29, 0.717) is 11.9 Å². The maximum absolute atomic E-state index is 11.1. The highest BCUT2D eigenvalue weighted by molar-refractivity contribution is 9.09. The molecular formula is C10H20Br2N2O2. The number of rotatable bonds is 4. The Balaban J connectivity index is 0.00000225. The lowest BCUT2D eigenvalue weighted by atomic mass is 10.0. The third-order valence-corrected chi connectivity index (χ3v) is 3.22. The van der Waals surface area contributed by atoms with Gasteiger partial charge in [-0.15, -0.1) is 17.0 Å². The first-order valence-corrected chi connectivity index (χ1v) is 6.34. The van der Waals surface area contributed by atoms with Gasteiger partial charge in [-0.25, -0.2) is 0 Å². The van der Waals surface area contributed by atoms with Crippen molar-refractivity contribution in [2.24, 2.45) is 0 Å². The lowest BCUT2D eigenvalue weighted by molar-refractivity contribution is -0.119. The SMILES string of the molecule is Br.CC(C)(CNC(=O)CBr)N1CCOCC1. The maximum Gasteiger partial charge on any atom is 0.230 e. The number of hydrogen-bond acceptors (Lipinski definition) is 3. The van der Waals surface area contributed by atoms with Crippen LogP contribution in [0.15, 0.2) is 0 Å². The van der Waals surface area contributed by atoms with Crippen LogP contribution in [0.4, 0.5) is 0 Å². The molecule has 1 aliphatic heterocycles. The molecule has 0 atom stereocenters. The lowest BCUT2D eigenvalue weighted by Gasteiger charge is -2.40. The van der Waals surface area contributed by atoms with Gasteiger partial charge in [-0.2, -0.15) is 0 Å². The molecule has 1 fully saturated rings. The summed E-state index contributed by atoms with van der Waals surface area (Å²) in [4.78, 5) is 13.5. The highest BCUT2D eigenvalue weighted by atomic mass is 79.9. The molecule has 1 N–H and O–H groups in total. The van der Waals surface area contributed by atoms with Crippen LogP contribution in [0.2, 0.25) is 0 Å². The smallest absolute Gasteiger partial charge is 0.230 e. The maximum atomic E-state index is 11.1. The first-order valence-electron chi connectivity index (χ1n) is 5.22. The third-order valence-electron chi connectivity index (χ3n) is 2.71. The summed E-state index contributed by atoms with van der Waals surface area (Å²) in [5.74, 6) is 0.0383. The van der Waals surface area contributed by atoms with Crippen molar-refractivity contribution in [2.75, 3.05) is 38.2 Å². The van der Waals surface area contributed by atoms with E-state index >= 15 is 0 Å². The summed E-state index contributed by atoms with van der Waals surface area (Å²) in [5.41, 5.74) is 0.00160. The highest BCUT2D eigenvalue weighted by Gasteiger charge is 2.28. The number of halogens is 2. The van der Waals surface area contributed by atoms with Crippen LogP contribution in [0.1, 0.15) is 13.8 Å². The zero-order valence-electron chi connectivity index (χ0n) is 9.79. The normalized spacial score (nSPS) is 17.7. The Morgan fingerprint density at radius 1 is 1.44 bits per heavy atom. The van der Waals surface area contributed by atoms with Gasteiger partial charge in [0.1, 0.15) is 0 Å². The Bertz CT molecular complexity index is 219. The summed E-state index contributed by atoms with van der Waals surface area (Å²) in [7, 11) is 0. The van der Waals surface area contributed by atoms with Crippen LogP contribution in [0.25, 0.3) is 0 Å². The Kier molecular flexibility index (Phi) is 7.80. The van der Waals surface area contributed by atoms with E-state index in [-0.39, 0.29) is 28.4 Å². The molecule has 0 spiro atoms. The molecule has 1 aliphatic rings. The van der Waals surface area contributed by atoms with E-state index < -0.39 is 0 Å². The number of carbonyl (C=O) groups excluding carboxylic acids is 1. The molecule has 96 valence electrons. The Morgan fingerprint density at radius 3 is 2.50 bits per heavy atom. The molecule has 16 heavy (non-hydrogen) atoms. The van der Waals surface area contributed by atoms with E-state index in [2.05, 4.69) is 40.0 Å². The summed E-state index contributed by atoms with van der Waals surface area (Å²) >= 11 is 3.13. The molecule has 4 nitrogen and oxygen atoms in total. The Labute approximate surface area is 116 Å². The number of nitrogens with zero attached hydrogens (tertiary/aromatic N) is 1. The molecule has 0 aromatic heterocycles. The summed E-state index contributed by atoms with van der Waals surface area (Å²) in [5, 5.41) is 3.27. The zero-order valence-corrected chi connectivity index (χ0v) is 13.1. The molecule has 0 bridgehead atoms. The van der Waals surface area contributed by atoms with Crippen LogP contribution in [0, 0.1) is 0 Å². The largest absolute Gasteiger partial charge is 0.379 e. The van der Waals surface area contributed by atoms with Gasteiger partial charge in [0.05, 0.1) is 18.5 Å². The van der Waals surface area contributed by atoms with Gasteiger partial charge in [-0.1, -0.05) is 15.9 Å². The van der Waals surface area contributed by atoms with Gasteiger partial charge in [-0.3, -0.25) is 9.69 Å². The van der Waals surface area contributed by atoms with Crippen LogP contribution >= 0.6 is 32.9 Å². The fourth-order valence-corrected chi connectivity index (χ4v) is 1.84. The van der Waals surface area contributed by atoms with Crippen LogP contribution in [0.3, 0.4) is 0 Å². The summed E-state index contributed by atoms with van der Waals surface area (Å²) in [6.07, 6.45) is 0. The number of morpholine rings is 1. The van der Waals surface area contributed by atoms with Crippen molar-refractivity contribution < 1.29 is 9.53 Å². The van der Waals surface area contributed by atoms with Crippen molar-refractivity contribution in [3.05, 3.63) is 0 Å². The standard InChI is InChI=1S/C10H19BrN2O2.BrH/c1-10(2,8-12-9(14)7-11)13-3-5-15-6-4-13;/h3-8H2,1-2H3,(H,12,14);1H. The van der Waals surface area contributed by atoms with Crippen molar-refractivity contribution in [1.29, 1.82) is 0 Å². The molecule has 1 rings (SSSR count). The average Bonchev–Trinajstić information content (AvgIpc) is 2.27. The second-order valence-electron chi connectivity index (χ2n) is 4.32. The van der Waals surface area contributed by atoms with Gasteiger partial charge in [0, 0.05) is 25.2 Å². The zero-order chi connectivity index (χ0) is 11.3. The topological polar surface area (TPSA) is 41.6 Å². The molecule has 0 saturated carbocycles. The molecule has 0 unspecified atom stereocenters. The van der Waals surface area contributed by atoms with Gasteiger partial charge >= 0.3 is 0 Å². The lowest BCUT2D eigenvalue weighted by Crippen LogP contribution is -2.55. The monoisotopic (exact) mass is 358 g/mol. The first kappa shape index (κ1) is 16.4. The van der Waals surface area contributed by atoms with Crippen molar-refractivity contribution in [1.82, 2.24) is 10.2 Å². The first-order chi connectivity index (χ1) is 7.06. The number of hydrogen-bond donors (Lipinski definition) is 1. The average molecular weight is 360 g/mol. The van der Waals surface area contributed by atoms with E-state index in [0.717, 1.165) is 26.3 Å². The minimum Gasteiger partial charge on any atom is -0.379 e. The van der Waals surface area contributed by atoms with Crippen LogP contribution < -0.4 is 5.32 Å². The number of nitrogens with one attached hydrogen (secondary N) is 1. The van der Waals surface area contributed by atoms with Gasteiger partial charge in [0.15, 0.2) is 0 Å². The molecule has 0 radical (unpaired) electrons. The molecular weight excluding hydrogens is 340 g/mol. The van der Waals surface area contributed by atoms with Gasteiger partial charge in [-0.05, 0) is 13.8 Å². The molecule has 0 aromatic carbocycles. The molecule has 0 aromatic rings. The fourth-order valence-electron chi connectivity index (χ4n) is 1.64. The van der Waals surface area contributed by atoms with E-state index in [1.54, 1.807) is 0 Å². The van der Waals surface area contributed by atoms with Crippen LogP contribution in [-0.2, 0) is 9.53 Å². The van der Waals surface area contributed by atoms with Crippen LogP contribution in [0.5, 0.6) is 0 Å². The fraction of sp³-hybridized carbons (Fsp3) is 0.900. The third kappa shape index (κ3) is 5.12. The van der Waals surface area contributed by atoms with E-state index in [1.165, 1.54) is 0 Å². The Hall–Kier alpha value is 0.350. The molecule has 1 heterocycles. The summed E-state index contributed by atoms with van der Waals surface area (Å²) in [6, 6.07) is 0. The summed E-state index contributed by atoms with van der Waals surface area (Å²) < 4.78 is 5.31. The van der Waals surface area contributed by atoms with Crippen molar-refractivity contribution >= 4 is 38.8 Å². The number of alkyl halides is 1. The van der Waals surface area contributed by atoms with E-state index in [9.17, 15) is 4.79 Å². The van der Waals surface area contributed by atoms with Crippen LogP contribution in [-0.4, -0.2) is 54.5 Å².